The lowest BCUT2D eigenvalue weighted by molar-refractivity contribution is -0.113. The van der Waals surface area contributed by atoms with Gasteiger partial charge in [-0.2, -0.15) is 0 Å². The van der Waals surface area contributed by atoms with Crippen molar-refractivity contribution in [1.29, 1.82) is 0 Å². The lowest BCUT2D eigenvalue weighted by Crippen LogP contribution is -2.14. The average molecular weight is 337 g/mol. The maximum Gasteiger partial charge on any atom is 0.234 e. The Morgan fingerprint density at radius 2 is 1.88 bits per heavy atom. The van der Waals surface area contributed by atoms with Gasteiger partial charge >= 0.3 is 0 Å². The molecule has 0 saturated heterocycles. The summed E-state index contributed by atoms with van der Waals surface area (Å²) in [4.78, 5) is 16.4. The quantitative estimate of drug-likeness (QED) is 0.692. The van der Waals surface area contributed by atoms with Crippen molar-refractivity contribution in [2.24, 2.45) is 0 Å². The molecule has 0 radical (unpaired) electrons. The van der Waals surface area contributed by atoms with Crippen molar-refractivity contribution >= 4 is 23.4 Å². The van der Waals surface area contributed by atoms with Gasteiger partial charge in [0.05, 0.1) is 5.75 Å². The molecule has 1 amide bonds. The van der Waals surface area contributed by atoms with Crippen LogP contribution in [0.5, 0.6) is 0 Å². The van der Waals surface area contributed by atoms with E-state index in [1.165, 1.54) is 22.9 Å². The summed E-state index contributed by atoms with van der Waals surface area (Å²) >= 11 is 1.44. The molecule has 3 aromatic rings. The van der Waals surface area contributed by atoms with Gasteiger partial charge in [-0.1, -0.05) is 59.8 Å². The van der Waals surface area contributed by atoms with Crippen LogP contribution >= 0.6 is 11.8 Å². The van der Waals surface area contributed by atoms with Crippen LogP contribution < -0.4 is 5.32 Å². The van der Waals surface area contributed by atoms with Crippen molar-refractivity contribution < 1.29 is 4.79 Å². The molecule has 0 aliphatic rings. The molecule has 1 N–H and O–H groups in total. The number of carbonyl (C=O) groups is 1. The Bertz CT molecular complexity index is 797. The maximum atomic E-state index is 12.1. The molecule has 24 heavy (non-hydrogen) atoms. The van der Waals surface area contributed by atoms with Crippen LogP contribution in [0.4, 0.5) is 5.69 Å². The number of aromatic nitrogens is 2. The zero-order valence-corrected chi connectivity index (χ0v) is 14.3. The lowest BCUT2D eigenvalue weighted by Gasteiger charge is -2.08. The molecule has 4 nitrogen and oxygen atoms in total. The highest BCUT2D eigenvalue weighted by molar-refractivity contribution is 7.99. The number of carbonyl (C=O) groups excluding carboxylic acids is 1. The number of nitrogens with one attached hydrogen (secondary N) is 1. The van der Waals surface area contributed by atoms with Crippen molar-refractivity contribution in [3.63, 3.8) is 0 Å². The van der Waals surface area contributed by atoms with Gasteiger partial charge in [-0.3, -0.25) is 4.79 Å². The molecule has 122 valence electrons. The van der Waals surface area contributed by atoms with Gasteiger partial charge in [-0.15, -0.1) is 0 Å². The largest absolute Gasteiger partial charge is 0.325 e. The Kier molecular flexibility index (Phi) is 5.33. The second kappa shape index (κ2) is 7.84. The number of hydrogen-bond acceptors (Lipinski definition) is 3. The molecular weight excluding hydrogens is 318 g/mol. The van der Waals surface area contributed by atoms with Crippen molar-refractivity contribution in [2.75, 3.05) is 11.1 Å². The van der Waals surface area contributed by atoms with E-state index in [0.717, 1.165) is 17.4 Å². The van der Waals surface area contributed by atoms with Gasteiger partial charge in [0, 0.05) is 24.6 Å². The number of rotatable bonds is 6. The molecule has 0 aliphatic heterocycles. The minimum atomic E-state index is -0.0295. The second-order valence-corrected chi connectivity index (χ2v) is 6.47. The SMILES string of the molecule is Cc1ccc(NC(=O)CSc2nccn2Cc2ccccc2)cc1. The molecule has 0 spiro atoms. The molecule has 2 aromatic carbocycles. The molecule has 3 rings (SSSR count). The summed E-state index contributed by atoms with van der Waals surface area (Å²) in [5, 5.41) is 3.75. The van der Waals surface area contributed by atoms with Crippen LogP contribution in [0.25, 0.3) is 0 Å². The summed E-state index contributed by atoms with van der Waals surface area (Å²) in [5.74, 6) is 0.303. The van der Waals surface area contributed by atoms with E-state index in [-0.39, 0.29) is 5.91 Å². The summed E-state index contributed by atoms with van der Waals surface area (Å²) in [6.07, 6.45) is 3.70. The predicted molar refractivity (Wildman–Crippen MR) is 98.3 cm³/mol. The van der Waals surface area contributed by atoms with E-state index in [1.807, 2.05) is 55.6 Å². The number of anilines is 1. The molecule has 0 atom stereocenters. The number of thioether (sulfide) groups is 1. The number of benzene rings is 2. The number of imidazole rings is 1. The Labute approximate surface area is 145 Å². The molecule has 0 bridgehead atoms. The first kappa shape index (κ1) is 16.3. The third kappa shape index (κ3) is 4.49. The molecule has 0 unspecified atom stereocenters. The predicted octanol–water partition coefficient (Wildman–Crippen LogP) is 3.97. The van der Waals surface area contributed by atoms with Gasteiger partial charge in [-0.25, -0.2) is 4.98 Å². The van der Waals surface area contributed by atoms with E-state index in [0.29, 0.717) is 5.75 Å². The molecule has 0 saturated carbocycles. The zero-order chi connectivity index (χ0) is 16.8. The minimum Gasteiger partial charge on any atom is -0.325 e. The Morgan fingerprint density at radius 3 is 2.62 bits per heavy atom. The van der Waals surface area contributed by atoms with Crippen LogP contribution in [0.3, 0.4) is 0 Å². The van der Waals surface area contributed by atoms with E-state index in [1.54, 1.807) is 6.20 Å². The zero-order valence-electron chi connectivity index (χ0n) is 13.5. The van der Waals surface area contributed by atoms with Gasteiger partial charge < -0.3 is 9.88 Å². The van der Waals surface area contributed by atoms with Crippen LogP contribution in [0, 0.1) is 6.92 Å². The number of hydrogen-bond donors (Lipinski definition) is 1. The third-order valence-electron chi connectivity index (χ3n) is 3.54. The summed E-state index contributed by atoms with van der Waals surface area (Å²) < 4.78 is 2.05. The molecule has 5 heteroatoms. The van der Waals surface area contributed by atoms with E-state index in [9.17, 15) is 4.79 Å². The molecule has 1 heterocycles. The fourth-order valence-electron chi connectivity index (χ4n) is 2.30. The van der Waals surface area contributed by atoms with Crippen LogP contribution in [0.2, 0.25) is 0 Å². The van der Waals surface area contributed by atoms with Crippen molar-refractivity contribution in [3.8, 4) is 0 Å². The lowest BCUT2D eigenvalue weighted by atomic mass is 10.2. The fourth-order valence-corrected chi connectivity index (χ4v) is 3.06. The van der Waals surface area contributed by atoms with E-state index in [2.05, 4.69) is 27.0 Å². The van der Waals surface area contributed by atoms with Crippen LogP contribution in [0.1, 0.15) is 11.1 Å². The fraction of sp³-hybridized carbons (Fsp3) is 0.158. The standard InChI is InChI=1S/C19H19N3OS/c1-15-7-9-17(10-8-15)21-18(23)14-24-19-20-11-12-22(19)13-16-5-3-2-4-6-16/h2-12H,13-14H2,1H3,(H,21,23). The average Bonchev–Trinajstić information content (AvgIpc) is 3.03. The Hall–Kier alpha value is -2.53. The Balaban J connectivity index is 1.56. The van der Waals surface area contributed by atoms with Gasteiger partial charge in [0.2, 0.25) is 5.91 Å². The second-order valence-electron chi connectivity index (χ2n) is 5.53. The molecule has 0 aliphatic carbocycles. The highest BCUT2D eigenvalue weighted by Crippen LogP contribution is 2.18. The van der Waals surface area contributed by atoms with Crippen molar-refractivity contribution in [1.82, 2.24) is 9.55 Å². The highest BCUT2D eigenvalue weighted by atomic mass is 32.2. The van der Waals surface area contributed by atoms with E-state index in [4.69, 9.17) is 0 Å². The Morgan fingerprint density at radius 1 is 1.12 bits per heavy atom. The van der Waals surface area contributed by atoms with Crippen LogP contribution in [-0.4, -0.2) is 21.2 Å². The van der Waals surface area contributed by atoms with E-state index >= 15 is 0 Å². The van der Waals surface area contributed by atoms with Crippen LogP contribution in [0.15, 0.2) is 72.1 Å². The smallest absolute Gasteiger partial charge is 0.234 e. The van der Waals surface area contributed by atoms with Crippen molar-refractivity contribution in [2.45, 2.75) is 18.6 Å². The van der Waals surface area contributed by atoms with Crippen molar-refractivity contribution in [3.05, 3.63) is 78.1 Å². The number of aryl methyl sites for hydroxylation is 1. The summed E-state index contributed by atoms with van der Waals surface area (Å²) in [5.41, 5.74) is 3.20. The van der Waals surface area contributed by atoms with E-state index < -0.39 is 0 Å². The normalized spacial score (nSPS) is 10.5. The number of nitrogens with zero attached hydrogens (tertiary/aromatic N) is 2. The summed E-state index contributed by atoms with van der Waals surface area (Å²) in [7, 11) is 0. The first-order chi connectivity index (χ1) is 11.7. The number of amides is 1. The minimum absolute atomic E-state index is 0.0295. The highest BCUT2D eigenvalue weighted by Gasteiger charge is 2.08. The molecule has 1 aromatic heterocycles. The van der Waals surface area contributed by atoms with Crippen LogP contribution in [-0.2, 0) is 11.3 Å². The summed E-state index contributed by atoms with van der Waals surface area (Å²) in [6.45, 7) is 2.77. The molecule has 0 fully saturated rings. The topological polar surface area (TPSA) is 46.9 Å². The van der Waals surface area contributed by atoms with Gasteiger partial charge in [0.25, 0.3) is 0 Å². The first-order valence-electron chi connectivity index (χ1n) is 7.75. The first-order valence-corrected chi connectivity index (χ1v) is 8.73. The van der Waals surface area contributed by atoms with Gasteiger partial charge in [-0.05, 0) is 24.6 Å². The third-order valence-corrected chi connectivity index (χ3v) is 4.55. The maximum absolute atomic E-state index is 12.1. The van der Waals surface area contributed by atoms with Gasteiger partial charge in [0.1, 0.15) is 0 Å². The molecular formula is C19H19N3OS. The summed E-state index contributed by atoms with van der Waals surface area (Å²) in [6, 6.07) is 18.0. The van der Waals surface area contributed by atoms with Gasteiger partial charge in [0.15, 0.2) is 5.16 Å². The monoisotopic (exact) mass is 337 g/mol.